The minimum absolute atomic E-state index is 0.776. The average Bonchev–Trinajstić information content (AvgIpc) is 2.18. The Morgan fingerprint density at radius 1 is 1.27 bits per heavy atom. The summed E-state index contributed by atoms with van der Waals surface area (Å²) < 4.78 is 0. The number of hydrogen-bond donors (Lipinski definition) is 0. The van der Waals surface area contributed by atoms with Gasteiger partial charge in [0.1, 0.15) is 0 Å². The summed E-state index contributed by atoms with van der Waals surface area (Å²) in [5.41, 5.74) is 0. The first-order valence-electron chi connectivity index (χ1n) is 4.96. The molecule has 0 saturated carbocycles. The van der Waals surface area contributed by atoms with Crippen molar-refractivity contribution in [3.63, 3.8) is 0 Å². The van der Waals surface area contributed by atoms with Crippen LogP contribution in [0.15, 0.2) is 30.3 Å². The molecule has 0 spiro atoms. The van der Waals surface area contributed by atoms with E-state index in [2.05, 4.69) is 50.6 Å². The van der Waals surface area contributed by atoms with Crippen molar-refractivity contribution in [1.82, 2.24) is 0 Å². The first-order valence-corrected chi connectivity index (χ1v) is 7.83. The molecule has 2 nitrogen and oxygen atoms in total. The zero-order chi connectivity index (χ0) is 11.9. The van der Waals surface area contributed by atoms with Gasteiger partial charge in [-0.2, -0.15) is 0 Å². The van der Waals surface area contributed by atoms with E-state index in [0.717, 1.165) is 6.92 Å². The van der Waals surface area contributed by atoms with Crippen LogP contribution in [0.3, 0.4) is 0 Å². The Morgan fingerprint density at radius 3 is 2.00 bits per heavy atom. The van der Waals surface area contributed by atoms with E-state index in [4.69, 9.17) is 9.90 Å². The topological polar surface area (TPSA) is 40.1 Å². The second-order valence-electron chi connectivity index (χ2n) is 3.83. The molecule has 0 saturated heterocycles. The molecule has 3 heteroatoms. The van der Waals surface area contributed by atoms with Crippen molar-refractivity contribution >= 4 is 18.5 Å². The minimum atomic E-state index is -1.08. The van der Waals surface area contributed by atoms with Gasteiger partial charge in [-0.1, -0.05) is 18.2 Å². The van der Waals surface area contributed by atoms with Crippen LogP contribution < -0.4 is 10.4 Å². The highest BCUT2D eigenvalue weighted by Crippen LogP contribution is 2.48. The Balaban J connectivity index is 0.000000423. The molecule has 0 aromatic heterocycles. The predicted molar refractivity (Wildman–Crippen MR) is 66.1 cm³/mol. The van der Waals surface area contributed by atoms with Gasteiger partial charge in [0.05, 0.1) is 24.8 Å². The highest BCUT2D eigenvalue weighted by atomic mass is 31.2. The number of aliphatic carboxylic acids is 1. The van der Waals surface area contributed by atoms with Gasteiger partial charge < -0.3 is 9.90 Å². The fraction of sp³-hybridized carbons (Fsp3) is 0.417. The molecule has 1 aromatic carbocycles. The summed E-state index contributed by atoms with van der Waals surface area (Å²) in [6.45, 7) is 8.03. The van der Waals surface area contributed by atoms with Crippen molar-refractivity contribution in [2.45, 2.75) is 13.8 Å². The van der Waals surface area contributed by atoms with E-state index >= 15 is 0 Å². The quantitative estimate of drug-likeness (QED) is 0.714. The molecular weight excluding hydrogens is 207 g/mol. The molecular formula is C12H19O2P. The van der Waals surface area contributed by atoms with Crippen LogP contribution >= 0.6 is 7.26 Å². The number of carboxylic acids is 1. The standard InChI is InChI=1S/C10H16P.C2H4O2/c1-4-11(2,3)10-8-6-5-7-9-10;1-2(3)4/h5-9H,4H2,1-3H3;1H3,(H,3,4)/q+1;/p-1. The fourth-order valence-corrected chi connectivity index (χ4v) is 2.36. The maximum atomic E-state index is 8.89. The molecule has 0 unspecified atom stereocenters. The molecule has 0 atom stereocenters. The highest BCUT2D eigenvalue weighted by Gasteiger charge is 2.24. The van der Waals surface area contributed by atoms with Crippen molar-refractivity contribution in [3.05, 3.63) is 30.3 Å². The van der Waals surface area contributed by atoms with Crippen LogP contribution in [0.25, 0.3) is 0 Å². The lowest BCUT2D eigenvalue weighted by atomic mass is 10.4. The van der Waals surface area contributed by atoms with E-state index in [-0.39, 0.29) is 0 Å². The Labute approximate surface area is 92.7 Å². The van der Waals surface area contributed by atoms with E-state index < -0.39 is 13.2 Å². The van der Waals surface area contributed by atoms with Crippen LogP contribution in [0.1, 0.15) is 13.8 Å². The Morgan fingerprint density at radius 2 is 1.67 bits per heavy atom. The van der Waals surface area contributed by atoms with Crippen molar-refractivity contribution < 1.29 is 9.90 Å². The van der Waals surface area contributed by atoms with Gasteiger partial charge in [0.15, 0.2) is 0 Å². The van der Waals surface area contributed by atoms with Crippen LogP contribution in [0.5, 0.6) is 0 Å². The zero-order valence-electron chi connectivity index (χ0n) is 9.86. The summed E-state index contributed by atoms with van der Waals surface area (Å²) in [7, 11) is -0.776. The first-order chi connectivity index (χ1) is 6.90. The van der Waals surface area contributed by atoms with Crippen LogP contribution in [0.2, 0.25) is 0 Å². The first kappa shape index (κ1) is 14.1. The van der Waals surface area contributed by atoms with Gasteiger partial charge in [0.2, 0.25) is 0 Å². The third-order valence-electron chi connectivity index (χ3n) is 2.25. The molecule has 1 rings (SSSR count). The summed E-state index contributed by atoms with van der Waals surface area (Å²) in [5, 5.41) is 10.4. The van der Waals surface area contributed by atoms with Gasteiger partial charge >= 0.3 is 0 Å². The monoisotopic (exact) mass is 226 g/mol. The molecule has 0 heterocycles. The number of rotatable bonds is 2. The lowest BCUT2D eigenvalue weighted by Crippen LogP contribution is -2.16. The Kier molecular flexibility index (Phi) is 6.19. The van der Waals surface area contributed by atoms with E-state index in [1.54, 1.807) is 5.30 Å². The number of hydrogen-bond acceptors (Lipinski definition) is 2. The molecule has 84 valence electrons. The largest absolute Gasteiger partial charge is 0.550 e. The third-order valence-corrected chi connectivity index (χ3v) is 5.52. The maximum Gasteiger partial charge on any atom is 0.0933 e. The Hall–Kier alpha value is -0.880. The third kappa shape index (κ3) is 6.24. The van der Waals surface area contributed by atoms with E-state index in [9.17, 15) is 0 Å². The summed E-state index contributed by atoms with van der Waals surface area (Å²) >= 11 is 0. The highest BCUT2D eigenvalue weighted by molar-refractivity contribution is 7.81. The molecule has 1 aromatic rings. The minimum Gasteiger partial charge on any atom is -0.550 e. The van der Waals surface area contributed by atoms with Crippen molar-refractivity contribution in [3.8, 4) is 0 Å². The molecule has 0 bridgehead atoms. The lowest BCUT2D eigenvalue weighted by molar-refractivity contribution is -0.302. The van der Waals surface area contributed by atoms with Crippen LogP contribution in [0.4, 0.5) is 0 Å². The summed E-state index contributed by atoms with van der Waals surface area (Å²) in [6.07, 6.45) is 1.30. The number of carbonyl (C=O) groups excluding carboxylic acids is 1. The Bertz CT molecular complexity index is 290. The fourth-order valence-electron chi connectivity index (χ4n) is 1.01. The smallest absolute Gasteiger partial charge is 0.0933 e. The number of carbonyl (C=O) groups is 1. The molecule has 0 amide bonds. The average molecular weight is 226 g/mol. The molecule has 0 aliphatic carbocycles. The number of carboxylic acid groups (broad SMARTS) is 1. The second kappa shape index (κ2) is 6.58. The van der Waals surface area contributed by atoms with Crippen molar-refractivity contribution in [2.75, 3.05) is 19.5 Å². The molecule has 0 fully saturated rings. The van der Waals surface area contributed by atoms with Crippen LogP contribution in [-0.2, 0) is 4.79 Å². The summed E-state index contributed by atoms with van der Waals surface area (Å²) in [5.74, 6) is -1.08. The van der Waals surface area contributed by atoms with Crippen LogP contribution in [-0.4, -0.2) is 25.5 Å². The van der Waals surface area contributed by atoms with Crippen molar-refractivity contribution in [2.24, 2.45) is 0 Å². The zero-order valence-corrected chi connectivity index (χ0v) is 10.8. The summed E-state index contributed by atoms with van der Waals surface area (Å²) in [6, 6.07) is 10.8. The van der Waals surface area contributed by atoms with Gasteiger partial charge in [-0.3, -0.25) is 0 Å². The number of benzene rings is 1. The SMILES string of the molecule is CC(=O)[O-].CC[P+](C)(C)c1ccccc1. The molecule has 0 N–H and O–H groups in total. The van der Waals surface area contributed by atoms with Gasteiger partial charge in [-0.05, 0) is 26.0 Å². The molecule has 0 aliphatic rings. The predicted octanol–water partition coefficient (Wildman–Crippen LogP) is 1.37. The van der Waals surface area contributed by atoms with Gasteiger partial charge in [0, 0.05) is 13.2 Å². The molecule has 15 heavy (non-hydrogen) atoms. The van der Waals surface area contributed by atoms with E-state index in [1.807, 2.05) is 0 Å². The lowest BCUT2D eigenvalue weighted by Gasteiger charge is -2.14. The molecule has 0 radical (unpaired) electrons. The molecule has 0 aliphatic heterocycles. The van der Waals surface area contributed by atoms with Crippen molar-refractivity contribution in [1.29, 1.82) is 0 Å². The second-order valence-corrected chi connectivity index (χ2v) is 8.35. The van der Waals surface area contributed by atoms with Gasteiger partial charge in [0.25, 0.3) is 0 Å². The maximum absolute atomic E-state index is 8.89. The van der Waals surface area contributed by atoms with Crippen LogP contribution in [0, 0.1) is 0 Å². The normalized spacial score (nSPS) is 10.1. The van der Waals surface area contributed by atoms with E-state index in [0.29, 0.717) is 0 Å². The van der Waals surface area contributed by atoms with Gasteiger partial charge in [-0.15, -0.1) is 0 Å². The summed E-state index contributed by atoms with van der Waals surface area (Å²) in [4.78, 5) is 8.89. The van der Waals surface area contributed by atoms with E-state index in [1.165, 1.54) is 6.16 Å². The van der Waals surface area contributed by atoms with Gasteiger partial charge in [-0.25, -0.2) is 0 Å².